The quantitative estimate of drug-likeness (QED) is 0.573. The first-order valence-corrected chi connectivity index (χ1v) is 6.03. The number of aliphatic hydroxyl groups excluding tert-OH is 1. The average molecular weight is 266 g/mol. The van der Waals surface area contributed by atoms with Crippen molar-refractivity contribution in [3.8, 4) is 0 Å². The number of hydrogen-bond acceptors (Lipinski definition) is 3. The molecule has 1 atom stereocenters. The second-order valence-corrected chi connectivity index (χ2v) is 4.12. The van der Waals surface area contributed by atoms with Crippen molar-refractivity contribution in [3.63, 3.8) is 0 Å². The van der Waals surface area contributed by atoms with E-state index in [0.717, 1.165) is 5.56 Å². The molecule has 6 nitrogen and oxygen atoms in total. The van der Waals surface area contributed by atoms with E-state index in [1.807, 2.05) is 30.3 Å². The van der Waals surface area contributed by atoms with Gasteiger partial charge in [-0.1, -0.05) is 30.3 Å². The molecule has 2 amide bonds. The number of aliphatic carboxylic acids is 1. The van der Waals surface area contributed by atoms with E-state index in [-0.39, 0.29) is 19.5 Å². The Morgan fingerprint density at radius 3 is 2.47 bits per heavy atom. The number of amides is 2. The minimum atomic E-state index is -0.968. The predicted octanol–water partition coefficient (Wildman–Crippen LogP) is 0.364. The van der Waals surface area contributed by atoms with E-state index in [2.05, 4.69) is 10.6 Å². The molecular formula is C13H18N2O4. The number of rotatable bonds is 7. The van der Waals surface area contributed by atoms with Gasteiger partial charge in [0.05, 0.1) is 12.5 Å². The molecule has 0 aliphatic carbocycles. The highest BCUT2D eigenvalue weighted by Gasteiger charge is 2.07. The Morgan fingerprint density at radius 2 is 1.84 bits per heavy atom. The van der Waals surface area contributed by atoms with E-state index >= 15 is 0 Å². The third-order valence-electron chi connectivity index (χ3n) is 2.44. The summed E-state index contributed by atoms with van der Waals surface area (Å²) < 4.78 is 0. The zero-order valence-electron chi connectivity index (χ0n) is 10.5. The van der Waals surface area contributed by atoms with E-state index in [4.69, 9.17) is 5.11 Å². The summed E-state index contributed by atoms with van der Waals surface area (Å²) in [5.41, 5.74) is 0.989. The lowest BCUT2D eigenvalue weighted by Gasteiger charge is -2.12. The fourth-order valence-corrected chi connectivity index (χ4v) is 1.51. The van der Waals surface area contributed by atoms with Crippen LogP contribution in [0.3, 0.4) is 0 Å². The van der Waals surface area contributed by atoms with Gasteiger partial charge in [-0.05, 0) is 5.56 Å². The molecule has 104 valence electrons. The van der Waals surface area contributed by atoms with E-state index in [1.165, 1.54) is 0 Å². The van der Waals surface area contributed by atoms with Crippen LogP contribution in [-0.4, -0.2) is 41.4 Å². The molecule has 0 unspecified atom stereocenters. The number of carbonyl (C=O) groups excluding carboxylic acids is 1. The molecule has 0 saturated carbocycles. The molecule has 6 heteroatoms. The van der Waals surface area contributed by atoms with Crippen LogP contribution in [0.15, 0.2) is 30.3 Å². The van der Waals surface area contributed by atoms with Crippen molar-refractivity contribution in [1.29, 1.82) is 0 Å². The number of carboxylic acids is 1. The zero-order valence-corrected chi connectivity index (χ0v) is 10.5. The lowest BCUT2D eigenvalue weighted by Crippen LogP contribution is -2.40. The molecule has 19 heavy (non-hydrogen) atoms. The maximum Gasteiger partial charge on any atom is 0.314 e. The van der Waals surface area contributed by atoms with Gasteiger partial charge in [-0.2, -0.15) is 0 Å². The molecule has 0 aromatic heterocycles. The second-order valence-electron chi connectivity index (χ2n) is 4.12. The molecule has 0 bridgehead atoms. The van der Waals surface area contributed by atoms with Crippen LogP contribution in [0.1, 0.15) is 12.0 Å². The Balaban J connectivity index is 2.17. The van der Waals surface area contributed by atoms with Gasteiger partial charge in [-0.15, -0.1) is 0 Å². The van der Waals surface area contributed by atoms with Gasteiger partial charge in [0.1, 0.15) is 0 Å². The van der Waals surface area contributed by atoms with Crippen LogP contribution >= 0.6 is 0 Å². The summed E-state index contributed by atoms with van der Waals surface area (Å²) >= 11 is 0. The van der Waals surface area contributed by atoms with Crippen molar-refractivity contribution >= 4 is 12.0 Å². The summed E-state index contributed by atoms with van der Waals surface area (Å²) in [5, 5.41) is 23.0. The minimum Gasteiger partial charge on any atom is -0.481 e. The summed E-state index contributed by atoms with van der Waals surface area (Å²) in [5.74, 6) is -0.968. The van der Waals surface area contributed by atoms with E-state index in [1.54, 1.807) is 0 Å². The SMILES string of the molecule is O=C(O)CCNC(=O)NC[C@H](O)Cc1ccccc1. The Morgan fingerprint density at radius 1 is 1.16 bits per heavy atom. The lowest BCUT2D eigenvalue weighted by molar-refractivity contribution is -0.136. The fraction of sp³-hybridized carbons (Fsp3) is 0.385. The first kappa shape index (κ1) is 15.0. The highest BCUT2D eigenvalue weighted by molar-refractivity contribution is 5.74. The summed E-state index contributed by atoms with van der Waals surface area (Å²) in [7, 11) is 0. The van der Waals surface area contributed by atoms with Gasteiger partial charge in [-0.25, -0.2) is 4.79 Å². The summed E-state index contributed by atoms with van der Waals surface area (Å²) in [6.45, 7) is 0.184. The van der Waals surface area contributed by atoms with Crippen LogP contribution in [0.25, 0.3) is 0 Å². The number of nitrogens with one attached hydrogen (secondary N) is 2. The Kier molecular flexibility index (Phi) is 6.38. The van der Waals surface area contributed by atoms with Crippen LogP contribution in [0.4, 0.5) is 4.79 Å². The van der Waals surface area contributed by atoms with Crippen LogP contribution in [-0.2, 0) is 11.2 Å². The van der Waals surface area contributed by atoms with Gasteiger partial charge < -0.3 is 20.8 Å². The number of carbonyl (C=O) groups is 2. The first-order valence-electron chi connectivity index (χ1n) is 6.03. The molecule has 1 aromatic carbocycles. The largest absolute Gasteiger partial charge is 0.481 e. The third-order valence-corrected chi connectivity index (χ3v) is 2.44. The molecule has 4 N–H and O–H groups in total. The Hall–Kier alpha value is -2.08. The van der Waals surface area contributed by atoms with E-state index in [9.17, 15) is 14.7 Å². The lowest BCUT2D eigenvalue weighted by atomic mass is 10.1. The Bertz CT molecular complexity index is 408. The Labute approximate surface area is 111 Å². The molecule has 1 aromatic rings. The van der Waals surface area contributed by atoms with Gasteiger partial charge in [0.2, 0.25) is 0 Å². The maximum absolute atomic E-state index is 11.3. The number of carboxylic acid groups (broad SMARTS) is 1. The molecule has 0 heterocycles. The van der Waals surface area contributed by atoms with E-state index in [0.29, 0.717) is 6.42 Å². The summed E-state index contributed by atoms with van der Waals surface area (Å²) in [4.78, 5) is 21.5. The third kappa shape index (κ3) is 7.05. The summed E-state index contributed by atoms with van der Waals surface area (Å²) in [6, 6.07) is 8.98. The van der Waals surface area contributed by atoms with Crippen molar-refractivity contribution in [1.82, 2.24) is 10.6 Å². The number of aliphatic hydroxyl groups is 1. The molecule has 0 aliphatic rings. The molecule has 0 radical (unpaired) electrons. The normalized spacial score (nSPS) is 11.6. The van der Waals surface area contributed by atoms with Gasteiger partial charge in [0.15, 0.2) is 0 Å². The van der Waals surface area contributed by atoms with Crippen molar-refractivity contribution in [2.45, 2.75) is 18.9 Å². The molecule has 0 spiro atoms. The van der Waals surface area contributed by atoms with E-state index < -0.39 is 18.1 Å². The fourth-order valence-electron chi connectivity index (χ4n) is 1.51. The van der Waals surface area contributed by atoms with Crippen molar-refractivity contribution in [2.75, 3.05) is 13.1 Å². The predicted molar refractivity (Wildman–Crippen MR) is 69.8 cm³/mol. The number of hydrogen-bond donors (Lipinski definition) is 4. The first-order chi connectivity index (χ1) is 9.08. The van der Waals surface area contributed by atoms with Crippen LogP contribution < -0.4 is 10.6 Å². The smallest absolute Gasteiger partial charge is 0.314 e. The monoisotopic (exact) mass is 266 g/mol. The standard InChI is InChI=1S/C13H18N2O4/c16-11(8-10-4-2-1-3-5-10)9-15-13(19)14-7-6-12(17)18/h1-5,11,16H,6-9H2,(H,17,18)(H2,14,15,19)/t11-/m1/s1. The van der Waals surface area contributed by atoms with Crippen molar-refractivity contribution in [2.24, 2.45) is 0 Å². The molecule has 0 aliphatic heterocycles. The maximum atomic E-state index is 11.3. The molecule has 0 fully saturated rings. The summed E-state index contributed by atoms with van der Waals surface area (Å²) in [6.07, 6.45) is -0.344. The molecular weight excluding hydrogens is 248 g/mol. The average Bonchev–Trinajstić information content (AvgIpc) is 2.37. The highest BCUT2D eigenvalue weighted by Crippen LogP contribution is 2.02. The zero-order chi connectivity index (χ0) is 14.1. The highest BCUT2D eigenvalue weighted by atomic mass is 16.4. The van der Waals surface area contributed by atoms with Gasteiger partial charge in [-0.3, -0.25) is 4.79 Å². The van der Waals surface area contributed by atoms with Crippen LogP contribution in [0.5, 0.6) is 0 Å². The number of urea groups is 1. The van der Waals surface area contributed by atoms with Crippen LogP contribution in [0, 0.1) is 0 Å². The van der Waals surface area contributed by atoms with Crippen molar-refractivity contribution < 1.29 is 19.8 Å². The number of benzene rings is 1. The molecule has 1 rings (SSSR count). The van der Waals surface area contributed by atoms with Gasteiger partial charge in [0.25, 0.3) is 0 Å². The topological polar surface area (TPSA) is 98.7 Å². The van der Waals surface area contributed by atoms with Crippen LogP contribution in [0.2, 0.25) is 0 Å². The van der Waals surface area contributed by atoms with Gasteiger partial charge in [0, 0.05) is 19.5 Å². The second kappa shape index (κ2) is 8.10. The molecule has 0 saturated heterocycles. The minimum absolute atomic E-state index is 0.0654. The van der Waals surface area contributed by atoms with Crippen molar-refractivity contribution in [3.05, 3.63) is 35.9 Å². The van der Waals surface area contributed by atoms with Gasteiger partial charge >= 0.3 is 12.0 Å².